The maximum Gasteiger partial charge on any atom is 0.269 e. The minimum Gasteiger partial charge on any atom is -0.354 e. The Labute approximate surface area is 154 Å². The number of fused-ring (bicyclic) bond motifs is 1. The van der Waals surface area contributed by atoms with Gasteiger partial charge in [-0.25, -0.2) is 4.98 Å². The number of pyridine rings is 3. The molecule has 128 valence electrons. The normalized spacial score (nSPS) is 13.0. The zero-order chi connectivity index (χ0) is 20.6. The Hall–Kier alpha value is -3.54. The molecule has 0 saturated heterocycles. The highest BCUT2D eigenvalue weighted by molar-refractivity contribution is 5.93. The topological polar surface area (TPSA) is 72.2 Å². The summed E-state index contributed by atoms with van der Waals surface area (Å²) in [5.41, 5.74) is 4.64. The molecule has 0 spiro atoms. The maximum atomic E-state index is 12.4. The Balaban J connectivity index is 1.82. The summed E-state index contributed by atoms with van der Waals surface area (Å²) in [5.74, 6) is -0.721. The molecule has 0 aliphatic carbocycles. The fraction of sp³-hybridized carbons (Fsp3) is 0.100. The fourth-order valence-electron chi connectivity index (χ4n) is 2.89. The van der Waals surface area contributed by atoms with Crippen LogP contribution >= 0.6 is 0 Å². The van der Waals surface area contributed by atoms with Gasteiger partial charge in [0.25, 0.3) is 5.91 Å². The molecule has 4 aromatic rings. The minimum atomic E-state index is -2.58. The summed E-state index contributed by atoms with van der Waals surface area (Å²) in [5, 5.41) is 1.99. The number of hydrogen-bond acceptors (Lipinski definition) is 4. The second kappa shape index (κ2) is 6.40. The van der Waals surface area contributed by atoms with Crippen LogP contribution in [0.15, 0.2) is 61.1 Å². The van der Waals surface area contributed by atoms with Crippen LogP contribution in [0.4, 0.5) is 0 Å². The van der Waals surface area contributed by atoms with Crippen molar-refractivity contribution in [3.8, 4) is 22.5 Å². The lowest BCUT2D eigenvalue weighted by atomic mass is 10.0. The molecule has 0 aliphatic heterocycles. The van der Waals surface area contributed by atoms with E-state index < -0.39 is 12.9 Å². The third kappa shape index (κ3) is 2.71. The van der Waals surface area contributed by atoms with Crippen molar-refractivity contribution in [2.45, 2.75) is 6.92 Å². The summed E-state index contributed by atoms with van der Waals surface area (Å²) in [6.07, 6.45) is 4.80. The van der Waals surface area contributed by atoms with E-state index in [-0.39, 0.29) is 5.69 Å². The molecule has 0 radical (unpaired) electrons. The number of nitrogens with one attached hydrogen (secondary N) is 1. The van der Waals surface area contributed by atoms with Crippen molar-refractivity contribution >= 4 is 11.6 Å². The van der Waals surface area contributed by atoms with Crippen molar-refractivity contribution in [2.24, 2.45) is 0 Å². The van der Waals surface area contributed by atoms with Crippen LogP contribution in [0, 0.1) is 6.92 Å². The van der Waals surface area contributed by atoms with E-state index in [4.69, 9.17) is 4.11 Å². The zero-order valence-corrected chi connectivity index (χ0v) is 14.0. The molecule has 0 aliphatic rings. The predicted molar refractivity (Wildman–Crippen MR) is 99.8 cm³/mol. The van der Waals surface area contributed by atoms with Crippen LogP contribution in [0.25, 0.3) is 28.2 Å². The average Bonchev–Trinajstić information content (AvgIpc) is 3.10. The maximum absolute atomic E-state index is 12.4. The second-order valence-corrected chi connectivity index (χ2v) is 5.81. The molecule has 0 atom stereocenters. The lowest BCUT2D eigenvalue weighted by molar-refractivity contribution is 0.0957. The average molecular weight is 346 g/mol. The molecule has 0 saturated carbocycles. The van der Waals surface area contributed by atoms with Crippen LogP contribution in [0.1, 0.15) is 20.3 Å². The van der Waals surface area contributed by atoms with E-state index >= 15 is 0 Å². The zero-order valence-electron chi connectivity index (χ0n) is 17.0. The van der Waals surface area contributed by atoms with E-state index in [0.29, 0.717) is 11.3 Å². The molecule has 0 fully saturated rings. The third-order valence-electron chi connectivity index (χ3n) is 4.10. The highest BCUT2D eigenvalue weighted by atomic mass is 16.1. The number of amides is 1. The predicted octanol–water partition coefficient (Wildman–Crippen LogP) is 3.13. The van der Waals surface area contributed by atoms with Crippen LogP contribution in [0.2, 0.25) is 0 Å². The quantitative estimate of drug-likeness (QED) is 0.619. The molecule has 26 heavy (non-hydrogen) atoms. The molecule has 6 nitrogen and oxygen atoms in total. The summed E-state index contributed by atoms with van der Waals surface area (Å²) < 4.78 is 23.3. The lowest BCUT2D eigenvalue weighted by Gasteiger charge is -2.10. The Morgan fingerprint density at radius 2 is 2.08 bits per heavy atom. The van der Waals surface area contributed by atoms with Gasteiger partial charge in [0, 0.05) is 40.3 Å². The molecule has 6 heteroatoms. The SMILES string of the molecule is [2H]C([2H])([2H])NC(=O)c1cnc2ccc(-c3cccnc3-c3cccc(C)n3)cn12. The number of aromatic nitrogens is 4. The minimum absolute atomic E-state index is 0.136. The summed E-state index contributed by atoms with van der Waals surface area (Å²) in [4.78, 5) is 25.6. The first kappa shape index (κ1) is 12.8. The lowest BCUT2D eigenvalue weighted by Crippen LogP contribution is -2.19. The number of carbonyl (C=O) groups is 1. The third-order valence-corrected chi connectivity index (χ3v) is 4.10. The van der Waals surface area contributed by atoms with Gasteiger partial charge >= 0.3 is 0 Å². The van der Waals surface area contributed by atoms with Gasteiger partial charge in [0.1, 0.15) is 11.3 Å². The van der Waals surface area contributed by atoms with Gasteiger partial charge in [0.2, 0.25) is 0 Å². The van der Waals surface area contributed by atoms with Gasteiger partial charge in [-0.1, -0.05) is 12.1 Å². The van der Waals surface area contributed by atoms with E-state index in [2.05, 4.69) is 15.0 Å². The van der Waals surface area contributed by atoms with Crippen molar-refractivity contribution in [1.29, 1.82) is 0 Å². The summed E-state index contributed by atoms with van der Waals surface area (Å²) in [6, 6.07) is 13.1. The van der Waals surface area contributed by atoms with Crippen molar-refractivity contribution in [2.75, 3.05) is 6.98 Å². The van der Waals surface area contributed by atoms with E-state index in [9.17, 15) is 4.79 Å². The van der Waals surface area contributed by atoms with E-state index in [1.54, 1.807) is 22.9 Å². The molecule has 1 N–H and O–H groups in total. The molecule has 1 amide bonds. The molecule has 0 unspecified atom stereocenters. The molecule has 4 aromatic heterocycles. The monoisotopic (exact) mass is 346 g/mol. The first-order valence-corrected chi connectivity index (χ1v) is 8.01. The highest BCUT2D eigenvalue weighted by Gasteiger charge is 2.14. The Morgan fingerprint density at radius 3 is 2.92 bits per heavy atom. The number of carbonyl (C=O) groups excluding carboxylic acids is 1. The van der Waals surface area contributed by atoms with Crippen molar-refractivity contribution in [1.82, 2.24) is 24.7 Å². The van der Waals surface area contributed by atoms with Crippen LogP contribution < -0.4 is 5.32 Å². The first-order chi connectivity index (χ1) is 13.8. The van der Waals surface area contributed by atoms with Crippen molar-refractivity contribution in [3.63, 3.8) is 0 Å². The van der Waals surface area contributed by atoms with Gasteiger partial charge < -0.3 is 5.32 Å². The molecule has 0 bridgehead atoms. The van der Waals surface area contributed by atoms with E-state index in [0.717, 1.165) is 22.5 Å². The van der Waals surface area contributed by atoms with Gasteiger partial charge in [-0.05, 0) is 37.3 Å². The summed E-state index contributed by atoms with van der Waals surface area (Å²) >= 11 is 0. The fourth-order valence-corrected chi connectivity index (χ4v) is 2.89. The highest BCUT2D eigenvalue weighted by Crippen LogP contribution is 2.29. The number of rotatable bonds is 3. The largest absolute Gasteiger partial charge is 0.354 e. The molecule has 4 heterocycles. The van der Waals surface area contributed by atoms with Crippen LogP contribution in [0.3, 0.4) is 0 Å². The summed E-state index contributed by atoms with van der Waals surface area (Å²) in [6.45, 7) is -0.661. The number of nitrogens with zero attached hydrogens (tertiary/aromatic N) is 4. The van der Waals surface area contributed by atoms with Crippen LogP contribution in [-0.2, 0) is 0 Å². The van der Waals surface area contributed by atoms with Crippen molar-refractivity contribution in [3.05, 3.63) is 72.4 Å². The molecule has 4 rings (SSSR count). The molecule has 0 aromatic carbocycles. The number of imidazole rings is 1. The molecular formula is C20H17N5O. The van der Waals surface area contributed by atoms with E-state index in [1.165, 1.54) is 6.20 Å². The number of aryl methyl sites for hydroxylation is 1. The Kier molecular flexibility index (Phi) is 3.14. The van der Waals surface area contributed by atoms with Crippen molar-refractivity contribution < 1.29 is 8.91 Å². The van der Waals surface area contributed by atoms with Gasteiger partial charge in [0.05, 0.1) is 17.6 Å². The smallest absolute Gasteiger partial charge is 0.269 e. The number of hydrogen-bond donors (Lipinski definition) is 1. The van der Waals surface area contributed by atoms with Gasteiger partial charge in [-0.15, -0.1) is 0 Å². The Morgan fingerprint density at radius 1 is 1.15 bits per heavy atom. The van der Waals surface area contributed by atoms with Crippen LogP contribution in [-0.4, -0.2) is 32.2 Å². The van der Waals surface area contributed by atoms with Gasteiger partial charge in [-0.3, -0.25) is 19.2 Å². The summed E-state index contributed by atoms with van der Waals surface area (Å²) in [7, 11) is 0. The van der Waals surface area contributed by atoms with Crippen LogP contribution in [0.5, 0.6) is 0 Å². The Bertz CT molecular complexity index is 1220. The first-order valence-electron chi connectivity index (χ1n) is 9.51. The van der Waals surface area contributed by atoms with Gasteiger partial charge in [0.15, 0.2) is 0 Å². The second-order valence-electron chi connectivity index (χ2n) is 5.81. The van der Waals surface area contributed by atoms with E-state index in [1.807, 2.05) is 48.6 Å². The van der Waals surface area contributed by atoms with Gasteiger partial charge in [-0.2, -0.15) is 0 Å². The standard InChI is InChI=1S/C20H17N5O/c1-13-5-3-7-16(24-13)19-15(6-4-10-22-19)14-8-9-18-23-11-17(20(26)21-2)25(18)12-14/h3-12H,1-2H3,(H,21,26)/i2D3. The molecular weight excluding hydrogens is 326 g/mol.